The monoisotopic (exact) mass is 385 g/mol. The molecule has 0 atom stereocenters. The Morgan fingerprint density at radius 1 is 0.931 bits per heavy atom. The van der Waals surface area contributed by atoms with Crippen molar-refractivity contribution < 1.29 is 18.8 Å². The van der Waals surface area contributed by atoms with E-state index in [-0.39, 0.29) is 12.3 Å². The number of ether oxygens (including phenoxy) is 2. The molecule has 5 nitrogen and oxygen atoms in total. The van der Waals surface area contributed by atoms with Crippen LogP contribution in [0.1, 0.15) is 10.4 Å². The smallest absolute Gasteiger partial charge is 0.287 e. The Morgan fingerprint density at radius 2 is 1.76 bits per heavy atom. The number of hydrogen-bond acceptors (Lipinski definition) is 4. The van der Waals surface area contributed by atoms with Gasteiger partial charge in [-0.1, -0.05) is 36.4 Å². The summed E-state index contributed by atoms with van der Waals surface area (Å²) in [6.07, 6.45) is 3.52. The standard InChI is InChI=1S/C24H21N2O3/c1-28-20-9-10-21(24(14-20)29-2)22-11-12-26(16-25-22)15-23(27)19-8-7-17-5-3-4-6-18(17)13-19/h3-14,16H,15H2,1-2H3/q+1. The van der Waals surface area contributed by atoms with Gasteiger partial charge < -0.3 is 9.47 Å². The number of Topliss-reactive ketones (excluding diaryl/α,β-unsaturated/α-hetero) is 1. The molecule has 0 aliphatic carbocycles. The van der Waals surface area contributed by atoms with E-state index >= 15 is 0 Å². The minimum absolute atomic E-state index is 0.0392. The van der Waals surface area contributed by atoms with Crippen LogP contribution in [-0.4, -0.2) is 25.0 Å². The summed E-state index contributed by atoms with van der Waals surface area (Å²) < 4.78 is 12.5. The third kappa shape index (κ3) is 3.94. The normalized spacial score (nSPS) is 10.7. The molecule has 0 bridgehead atoms. The number of nitrogens with zero attached hydrogens (tertiary/aromatic N) is 2. The van der Waals surface area contributed by atoms with Crippen molar-refractivity contribution in [3.63, 3.8) is 0 Å². The lowest BCUT2D eigenvalue weighted by molar-refractivity contribution is -0.686. The number of carbonyl (C=O) groups is 1. The summed E-state index contributed by atoms with van der Waals surface area (Å²) in [4.78, 5) is 17.2. The first-order chi connectivity index (χ1) is 14.2. The van der Waals surface area contributed by atoms with Crippen LogP contribution in [0.5, 0.6) is 11.5 Å². The molecule has 0 radical (unpaired) electrons. The molecule has 0 unspecified atom stereocenters. The molecule has 4 aromatic rings. The molecule has 1 aromatic heterocycles. The molecule has 0 saturated carbocycles. The molecule has 0 N–H and O–H groups in total. The molecular formula is C24H21N2O3+. The number of hydrogen-bond donors (Lipinski definition) is 0. The van der Waals surface area contributed by atoms with Gasteiger partial charge in [0, 0.05) is 17.7 Å². The molecule has 0 aliphatic heterocycles. The summed E-state index contributed by atoms with van der Waals surface area (Å²) in [7, 11) is 3.23. The fourth-order valence-corrected chi connectivity index (χ4v) is 3.27. The van der Waals surface area contributed by atoms with E-state index in [9.17, 15) is 4.79 Å². The highest BCUT2D eigenvalue weighted by molar-refractivity contribution is 5.99. The van der Waals surface area contributed by atoms with Crippen LogP contribution < -0.4 is 14.0 Å². The quantitative estimate of drug-likeness (QED) is 0.371. The molecule has 4 rings (SSSR count). The van der Waals surface area contributed by atoms with Crippen LogP contribution >= 0.6 is 0 Å². The lowest BCUT2D eigenvalue weighted by Crippen LogP contribution is -2.37. The maximum absolute atomic E-state index is 12.7. The molecule has 0 spiro atoms. The number of carbonyl (C=O) groups excluding carboxylic acids is 1. The van der Waals surface area contributed by atoms with Gasteiger partial charge in [0.25, 0.3) is 6.33 Å². The minimum atomic E-state index is 0.0392. The van der Waals surface area contributed by atoms with Gasteiger partial charge in [0.15, 0.2) is 12.2 Å². The molecule has 0 amide bonds. The molecule has 144 valence electrons. The second-order valence-corrected chi connectivity index (χ2v) is 6.67. The molecule has 0 aliphatic rings. The zero-order valence-electron chi connectivity index (χ0n) is 16.3. The number of rotatable bonds is 6. The lowest BCUT2D eigenvalue weighted by Gasteiger charge is -2.08. The number of benzene rings is 3. The van der Waals surface area contributed by atoms with Crippen LogP contribution in [0.15, 0.2) is 79.3 Å². The summed E-state index contributed by atoms with van der Waals surface area (Å²) in [6, 6.07) is 21.3. The predicted molar refractivity (Wildman–Crippen MR) is 111 cm³/mol. The molecule has 0 saturated heterocycles. The third-order valence-corrected chi connectivity index (χ3v) is 4.85. The van der Waals surface area contributed by atoms with Crippen molar-refractivity contribution in [3.05, 3.63) is 84.8 Å². The third-order valence-electron chi connectivity index (χ3n) is 4.85. The van der Waals surface area contributed by atoms with Crippen molar-refractivity contribution in [2.45, 2.75) is 6.54 Å². The second kappa shape index (κ2) is 8.10. The summed E-state index contributed by atoms with van der Waals surface area (Å²) in [5, 5.41) is 2.18. The maximum Gasteiger partial charge on any atom is 0.287 e. The first kappa shape index (κ1) is 18.6. The van der Waals surface area contributed by atoms with Gasteiger partial charge in [0.05, 0.1) is 26.0 Å². The topological polar surface area (TPSA) is 52.3 Å². The number of methoxy groups -OCH3 is 2. The zero-order chi connectivity index (χ0) is 20.2. The fraction of sp³-hybridized carbons (Fsp3) is 0.125. The van der Waals surface area contributed by atoms with E-state index in [4.69, 9.17) is 9.47 Å². The zero-order valence-corrected chi connectivity index (χ0v) is 16.3. The summed E-state index contributed by atoms with van der Waals surface area (Å²) in [5.41, 5.74) is 2.32. The molecule has 29 heavy (non-hydrogen) atoms. The van der Waals surface area contributed by atoms with Crippen molar-refractivity contribution in [1.29, 1.82) is 0 Å². The van der Waals surface area contributed by atoms with Gasteiger partial charge in [-0.2, -0.15) is 0 Å². The van der Waals surface area contributed by atoms with E-state index in [0.29, 0.717) is 11.3 Å². The van der Waals surface area contributed by atoms with Crippen LogP contribution in [0.25, 0.3) is 22.0 Å². The van der Waals surface area contributed by atoms with Gasteiger partial charge in [-0.3, -0.25) is 4.79 Å². The highest BCUT2D eigenvalue weighted by atomic mass is 16.5. The van der Waals surface area contributed by atoms with Crippen molar-refractivity contribution in [1.82, 2.24) is 4.98 Å². The SMILES string of the molecule is COc1ccc(-c2cc[n+](CC(=O)c3ccc4ccccc4c3)cn2)c(OC)c1. The summed E-state index contributed by atoms with van der Waals surface area (Å²) >= 11 is 0. The van der Waals surface area contributed by atoms with Gasteiger partial charge in [-0.15, -0.1) is 0 Å². The average Bonchev–Trinajstić information content (AvgIpc) is 2.78. The van der Waals surface area contributed by atoms with E-state index in [0.717, 1.165) is 27.8 Å². The van der Waals surface area contributed by atoms with Crippen LogP contribution in [-0.2, 0) is 6.54 Å². The average molecular weight is 385 g/mol. The first-order valence-electron chi connectivity index (χ1n) is 9.27. The van der Waals surface area contributed by atoms with Crippen LogP contribution in [0.2, 0.25) is 0 Å². The number of ketones is 1. The van der Waals surface area contributed by atoms with E-state index in [1.165, 1.54) is 0 Å². The minimum Gasteiger partial charge on any atom is -0.497 e. The Morgan fingerprint density at radius 3 is 2.48 bits per heavy atom. The fourth-order valence-electron chi connectivity index (χ4n) is 3.27. The molecular weight excluding hydrogens is 364 g/mol. The van der Waals surface area contributed by atoms with Gasteiger partial charge in [-0.05, 0) is 34.0 Å². The van der Waals surface area contributed by atoms with E-state index < -0.39 is 0 Å². The Labute approximate surface area is 169 Å². The number of aromatic nitrogens is 2. The van der Waals surface area contributed by atoms with E-state index in [1.807, 2.05) is 72.9 Å². The van der Waals surface area contributed by atoms with Crippen molar-refractivity contribution in [2.24, 2.45) is 0 Å². The molecule has 0 fully saturated rings. The van der Waals surface area contributed by atoms with Gasteiger partial charge in [0.2, 0.25) is 5.78 Å². The van der Waals surface area contributed by atoms with Crippen LogP contribution in [0.3, 0.4) is 0 Å². The summed E-state index contributed by atoms with van der Waals surface area (Å²) in [6.45, 7) is 0.228. The number of fused-ring (bicyclic) bond motifs is 1. The Kier molecular flexibility index (Phi) is 5.20. The van der Waals surface area contributed by atoms with Crippen LogP contribution in [0, 0.1) is 0 Å². The lowest BCUT2D eigenvalue weighted by atomic mass is 10.0. The largest absolute Gasteiger partial charge is 0.497 e. The van der Waals surface area contributed by atoms with Crippen molar-refractivity contribution >= 4 is 16.6 Å². The van der Waals surface area contributed by atoms with E-state index in [1.54, 1.807) is 25.1 Å². The van der Waals surface area contributed by atoms with Crippen LogP contribution in [0.4, 0.5) is 0 Å². The Balaban J connectivity index is 1.54. The van der Waals surface area contributed by atoms with Gasteiger partial charge >= 0.3 is 0 Å². The van der Waals surface area contributed by atoms with Crippen molar-refractivity contribution in [3.8, 4) is 22.8 Å². The van der Waals surface area contributed by atoms with Gasteiger partial charge in [0.1, 0.15) is 11.5 Å². The Hall–Kier alpha value is -3.73. The first-order valence-corrected chi connectivity index (χ1v) is 9.27. The molecule has 3 aromatic carbocycles. The highest BCUT2D eigenvalue weighted by Crippen LogP contribution is 2.31. The van der Waals surface area contributed by atoms with Crippen molar-refractivity contribution in [2.75, 3.05) is 14.2 Å². The molecule has 1 heterocycles. The Bertz CT molecular complexity index is 1170. The summed E-state index contributed by atoms with van der Waals surface area (Å²) in [5.74, 6) is 1.44. The highest BCUT2D eigenvalue weighted by Gasteiger charge is 2.15. The maximum atomic E-state index is 12.7. The molecule has 5 heteroatoms. The van der Waals surface area contributed by atoms with E-state index in [2.05, 4.69) is 4.98 Å². The van der Waals surface area contributed by atoms with Gasteiger partial charge in [-0.25, -0.2) is 4.57 Å². The predicted octanol–water partition coefficient (Wildman–Crippen LogP) is 4.09. The second-order valence-electron chi connectivity index (χ2n) is 6.67.